The van der Waals surface area contributed by atoms with Crippen LogP contribution in [0.5, 0.6) is 0 Å². The highest BCUT2D eigenvalue weighted by atomic mass is 35.5. The van der Waals surface area contributed by atoms with Gasteiger partial charge in [0.1, 0.15) is 5.60 Å². The van der Waals surface area contributed by atoms with Crippen molar-refractivity contribution in [1.29, 1.82) is 5.26 Å². The maximum atomic E-state index is 14.8. The van der Waals surface area contributed by atoms with Gasteiger partial charge in [-0.3, -0.25) is 9.59 Å². The van der Waals surface area contributed by atoms with E-state index < -0.39 is 40.5 Å². The summed E-state index contributed by atoms with van der Waals surface area (Å²) in [6.07, 6.45) is -0.170. The van der Waals surface area contributed by atoms with Gasteiger partial charge in [-0.1, -0.05) is 82.8 Å². The molecular formula is C35H27Cl4NO4. The first kappa shape index (κ1) is 32.0. The number of ketones is 1. The van der Waals surface area contributed by atoms with Crippen LogP contribution in [-0.2, 0) is 15.1 Å². The minimum atomic E-state index is -1.96. The van der Waals surface area contributed by atoms with Crippen molar-refractivity contribution in [3.8, 4) is 6.07 Å². The first-order valence-corrected chi connectivity index (χ1v) is 15.4. The second-order valence-electron chi connectivity index (χ2n) is 10.8. The molecule has 224 valence electrons. The number of hydrogen-bond donors (Lipinski definition) is 1. The molecule has 5 rings (SSSR count). The van der Waals surface area contributed by atoms with E-state index in [9.17, 15) is 20.0 Å². The summed E-state index contributed by atoms with van der Waals surface area (Å²) in [4.78, 5) is 29.0. The quantitative estimate of drug-likeness (QED) is 0.157. The number of aliphatic hydroxyl groups is 1. The van der Waals surface area contributed by atoms with E-state index in [4.69, 9.17) is 51.1 Å². The lowest BCUT2D eigenvalue weighted by atomic mass is 9.47. The standard InChI is InChI=1S/C35H27Cl4NO4/c1-2-44-33(42)34(20-40)29(21-3-11-25(36)12-4-21)19-35(43,24-9-17-28(39)18-10-24)31(30(34)22-5-13-26(37)14-6-22)32(41)23-7-15-27(38)16-8-23/h3-18,29-31,43H,2,19H2,1H3/t29-,30+,31-,34+,35-/m0/s1. The van der Waals surface area contributed by atoms with Crippen LogP contribution in [0.4, 0.5) is 0 Å². The molecule has 0 saturated heterocycles. The van der Waals surface area contributed by atoms with Gasteiger partial charge in [0.15, 0.2) is 11.2 Å². The number of halogens is 4. The van der Waals surface area contributed by atoms with Crippen LogP contribution in [0.1, 0.15) is 52.2 Å². The lowest BCUT2D eigenvalue weighted by molar-refractivity contribution is -0.164. The molecule has 5 atom stereocenters. The summed E-state index contributed by atoms with van der Waals surface area (Å²) in [7, 11) is 0. The van der Waals surface area contributed by atoms with Crippen molar-refractivity contribution in [2.45, 2.75) is 30.8 Å². The van der Waals surface area contributed by atoms with Gasteiger partial charge < -0.3 is 9.84 Å². The molecule has 1 aliphatic carbocycles. The monoisotopic (exact) mass is 665 g/mol. The van der Waals surface area contributed by atoms with Gasteiger partial charge in [0.25, 0.3) is 0 Å². The van der Waals surface area contributed by atoms with Crippen LogP contribution in [0.15, 0.2) is 97.1 Å². The van der Waals surface area contributed by atoms with Crippen LogP contribution in [0.3, 0.4) is 0 Å². The molecule has 0 unspecified atom stereocenters. The Hall–Kier alpha value is -3.37. The number of nitriles is 1. The molecule has 0 aromatic heterocycles. The molecule has 0 amide bonds. The predicted octanol–water partition coefficient (Wildman–Crippen LogP) is 9.03. The second kappa shape index (κ2) is 12.9. The Bertz CT molecular complexity index is 1700. The zero-order valence-electron chi connectivity index (χ0n) is 23.5. The molecule has 4 aromatic carbocycles. The number of benzene rings is 4. The number of carbonyl (C=O) groups excluding carboxylic acids is 2. The fourth-order valence-electron chi connectivity index (χ4n) is 6.47. The highest BCUT2D eigenvalue weighted by Crippen LogP contribution is 2.64. The van der Waals surface area contributed by atoms with Gasteiger partial charge >= 0.3 is 5.97 Å². The molecule has 4 aromatic rings. The number of rotatable bonds is 7. The molecule has 0 bridgehead atoms. The number of nitrogens with zero attached hydrogens (tertiary/aromatic N) is 1. The molecule has 0 heterocycles. The smallest absolute Gasteiger partial charge is 0.327 e. The minimum Gasteiger partial charge on any atom is -0.465 e. The SMILES string of the molecule is CCOC(=O)[C@@]1(C#N)[C@H](c2ccc(Cl)cc2)[C@@H](C(=O)c2ccc(Cl)cc2)[C@@](O)(c2ccc(Cl)cc2)C[C@H]1c1ccc(Cl)cc1. The van der Waals surface area contributed by atoms with Crippen molar-refractivity contribution in [2.24, 2.45) is 11.3 Å². The fraction of sp³-hybridized carbons (Fsp3) is 0.229. The molecule has 0 aliphatic heterocycles. The summed E-state index contributed by atoms with van der Waals surface area (Å²) < 4.78 is 5.62. The highest BCUT2D eigenvalue weighted by molar-refractivity contribution is 6.31. The van der Waals surface area contributed by atoms with Crippen molar-refractivity contribution >= 4 is 58.2 Å². The molecule has 9 heteroatoms. The molecule has 0 spiro atoms. The number of Topliss-reactive ketones (excluding diaryl/α,β-unsaturated/α-hetero) is 1. The number of esters is 1. The molecule has 44 heavy (non-hydrogen) atoms. The largest absolute Gasteiger partial charge is 0.465 e. The Labute approximate surface area is 275 Å². The Balaban J connectivity index is 1.89. The lowest BCUT2D eigenvalue weighted by Gasteiger charge is -2.54. The molecule has 0 radical (unpaired) electrons. The van der Waals surface area contributed by atoms with E-state index in [0.29, 0.717) is 36.8 Å². The van der Waals surface area contributed by atoms with Gasteiger partial charge in [-0.2, -0.15) is 5.26 Å². The normalized spacial score (nSPS) is 24.7. The van der Waals surface area contributed by atoms with E-state index in [2.05, 4.69) is 6.07 Å². The molecular weight excluding hydrogens is 640 g/mol. The third kappa shape index (κ3) is 5.74. The Morgan fingerprint density at radius 2 is 1.25 bits per heavy atom. The van der Waals surface area contributed by atoms with Crippen molar-refractivity contribution in [3.05, 3.63) is 139 Å². The van der Waals surface area contributed by atoms with E-state index in [1.807, 2.05) is 0 Å². The summed E-state index contributed by atoms with van der Waals surface area (Å²) in [5.41, 5.74) is -2.14. The van der Waals surface area contributed by atoms with Gasteiger partial charge in [0, 0.05) is 37.5 Å². The van der Waals surface area contributed by atoms with Crippen LogP contribution in [-0.4, -0.2) is 23.5 Å². The molecule has 5 nitrogen and oxygen atoms in total. The van der Waals surface area contributed by atoms with Gasteiger partial charge in [-0.05, 0) is 90.7 Å². The summed E-state index contributed by atoms with van der Waals surface area (Å²) in [5, 5.41) is 25.9. The van der Waals surface area contributed by atoms with E-state index in [-0.39, 0.29) is 18.6 Å². The zero-order chi connectivity index (χ0) is 31.6. The number of ether oxygens (including phenoxy) is 1. The number of hydrogen-bond acceptors (Lipinski definition) is 5. The van der Waals surface area contributed by atoms with Gasteiger partial charge in [-0.25, -0.2) is 0 Å². The van der Waals surface area contributed by atoms with Crippen LogP contribution in [0.2, 0.25) is 20.1 Å². The van der Waals surface area contributed by atoms with Crippen LogP contribution >= 0.6 is 46.4 Å². The van der Waals surface area contributed by atoms with Crippen LogP contribution in [0, 0.1) is 22.7 Å². The first-order valence-electron chi connectivity index (χ1n) is 13.9. The summed E-state index contributed by atoms with van der Waals surface area (Å²) in [6, 6.07) is 28.6. The molecule has 1 N–H and O–H groups in total. The van der Waals surface area contributed by atoms with Gasteiger partial charge in [0.2, 0.25) is 0 Å². The van der Waals surface area contributed by atoms with Gasteiger partial charge in [-0.15, -0.1) is 0 Å². The van der Waals surface area contributed by atoms with E-state index in [0.717, 1.165) is 0 Å². The summed E-state index contributed by atoms with van der Waals surface area (Å²) >= 11 is 24.9. The Kier molecular flexibility index (Phi) is 9.41. The molecule has 1 saturated carbocycles. The fourth-order valence-corrected chi connectivity index (χ4v) is 6.97. The third-order valence-corrected chi connectivity index (χ3v) is 9.47. The average Bonchev–Trinajstić information content (AvgIpc) is 3.02. The maximum Gasteiger partial charge on any atom is 0.327 e. The molecule has 1 aliphatic rings. The first-order chi connectivity index (χ1) is 21.0. The Morgan fingerprint density at radius 3 is 1.73 bits per heavy atom. The van der Waals surface area contributed by atoms with Crippen molar-refractivity contribution in [3.63, 3.8) is 0 Å². The molecule has 1 fully saturated rings. The van der Waals surface area contributed by atoms with E-state index in [1.165, 1.54) is 0 Å². The van der Waals surface area contributed by atoms with Crippen molar-refractivity contribution < 1.29 is 19.4 Å². The van der Waals surface area contributed by atoms with Gasteiger partial charge in [0.05, 0.1) is 18.6 Å². The predicted molar refractivity (Wildman–Crippen MR) is 172 cm³/mol. The third-order valence-electron chi connectivity index (χ3n) is 8.46. The van der Waals surface area contributed by atoms with Crippen LogP contribution < -0.4 is 0 Å². The summed E-state index contributed by atoms with van der Waals surface area (Å²) in [5.74, 6) is -4.73. The van der Waals surface area contributed by atoms with Crippen LogP contribution in [0.25, 0.3) is 0 Å². The maximum absolute atomic E-state index is 14.8. The van der Waals surface area contributed by atoms with Crippen molar-refractivity contribution in [1.82, 2.24) is 0 Å². The second-order valence-corrected chi connectivity index (χ2v) is 12.6. The lowest BCUT2D eigenvalue weighted by Crippen LogP contribution is -2.59. The topological polar surface area (TPSA) is 87.4 Å². The van der Waals surface area contributed by atoms with Crippen molar-refractivity contribution in [2.75, 3.05) is 6.61 Å². The zero-order valence-corrected chi connectivity index (χ0v) is 26.5. The minimum absolute atomic E-state index is 0.000187. The number of carbonyl (C=O) groups is 2. The van der Waals surface area contributed by atoms with E-state index in [1.54, 1.807) is 104 Å². The van der Waals surface area contributed by atoms with E-state index >= 15 is 0 Å². The highest BCUT2D eigenvalue weighted by Gasteiger charge is 2.67. The summed E-state index contributed by atoms with van der Waals surface area (Å²) in [6.45, 7) is 1.65. The average molecular weight is 667 g/mol. The Morgan fingerprint density at radius 1 is 0.795 bits per heavy atom.